The standard InChI is InChI=1S/C24H28Cl2N8O2/c1-32(2)8-9-33(3)20-12-21(35-4)18(11-17(20)27)29-24-28-13-16(26)22(30-24)34-19-7-6-14(25)10-15(19)23(31-34)36-5/h6-7,10-13H,8-9,27H2,1-5H3,(H,28,29,30). The van der Waals surface area contributed by atoms with Crippen LogP contribution in [-0.4, -0.2) is 73.1 Å². The molecular weight excluding hydrogens is 503 g/mol. The highest BCUT2D eigenvalue weighted by molar-refractivity contribution is 6.32. The summed E-state index contributed by atoms with van der Waals surface area (Å²) < 4.78 is 12.6. The van der Waals surface area contributed by atoms with Crippen LogP contribution in [0.2, 0.25) is 10.0 Å². The molecule has 190 valence electrons. The zero-order valence-corrected chi connectivity index (χ0v) is 22.2. The van der Waals surface area contributed by atoms with Gasteiger partial charge in [-0.25, -0.2) is 9.67 Å². The van der Waals surface area contributed by atoms with Crippen molar-refractivity contribution in [3.8, 4) is 17.4 Å². The first-order chi connectivity index (χ1) is 17.2. The van der Waals surface area contributed by atoms with Gasteiger partial charge in [0.15, 0.2) is 5.82 Å². The van der Waals surface area contributed by atoms with Gasteiger partial charge in [0.1, 0.15) is 10.8 Å². The number of aromatic nitrogens is 4. The van der Waals surface area contributed by atoms with Crippen molar-refractivity contribution in [1.82, 2.24) is 24.6 Å². The number of halogens is 2. The number of anilines is 4. The molecule has 12 heteroatoms. The lowest BCUT2D eigenvalue weighted by atomic mass is 10.2. The number of hydrogen-bond acceptors (Lipinski definition) is 9. The molecule has 0 fully saturated rings. The quantitative estimate of drug-likeness (QED) is 0.303. The van der Waals surface area contributed by atoms with E-state index in [1.54, 1.807) is 37.1 Å². The van der Waals surface area contributed by atoms with Gasteiger partial charge in [-0.2, -0.15) is 4.98 Å². The van der Waals surface area contributed by atoms with E-state index in [0.717, 1.165) is 29.7 Å². The number of ether oxygens (including phenoxy) is 2. The molecule has 0 radical (unpaired) electrons. The van der Waals surface area contributed by atoms with E-state index >= 15 is 0 Å². The first kappa shape index (κ1) is 25.6. The fourth-order valence-corrected chi connectivity index (χ4v) is 4.06. The lowest BCUT2D eigenvalue weighted by molar-refractivity contribution is 0.398. The number of fused-ring (bicyclic) bond motifs is 1. The second kappa shape index (κ2) is 10.7. The van der Waals surface area contributed by atoms with E-state index in [4.69, 9.17) is 38.4 Å². The van der Waals surface area contributed by atoms with E-state index in [-0.39, 0.29) is 5.95 Å². The summed E-state index contributed by atoms with van der Waals surface area (Å²) in [5, 5.41) is 9.32. The molecule has 2 aromatic carbocycles. The lowest BCUT2D eigenvalue weighted by Crippen LogP contribution is -2.29. The van der Waals surface area contributed by atoms with Crippen LogP contribution in [0.25, 0.3) is 16.7 Å². The largest absolute Gasteiger partial charge is 0.494 e. The third-order valence-corrected chi connectivity index (χ3v) is 6.12. The highest BCUT2D eigenvalue weighted by atomic mass is 35.5. The molecule has 2 aromatic heterocycles. The van der Waals surface area contributed by atoms with Crippen LogP contribution in [0, 0.1) is 0 Å². The Labute approximate surface area is 219 Å². The van der Waals surface area contributed by atoms with Crippen LogP contribution in [0.3, 0.4) is 0 Å². The van der Waals surface area contributed by atoms with Crippen LogP contribution in [0.5, 0.6) is 11.6 Å². The Kier molecular flexibility index (Phi) is 7.58. The second-order valence-electron chi connectivity index (χ2n) is 8.41. The number of hydrogen-bond donors (Lipinski definition) is 2. The summed E-state index contributed by atoms with van der Waals surface area (Å²) in [5.41, 5.74) is 9.19. The first-order valence-corrected chi connectivity index (χ1v) is 11.8. The van der Waals surface area contributed by atoms with Gasteiger partial charge in [-0.1, -0.05) is 23.2 Å². The van der Waals surface area contributed by atoms with Gasteiger partial charge in [0.2, 0.25) is 11.8 Å². The van der Waals surface area contributed by atoms with Gasteiger partial charge in [0.25, 0.3) is 0 Å². The zero-order valence-electron chi connectivity index (χ0n) is 20.7. The summed E-state index contributed by atoms with van der Waals surface area (Å²) >= 11 is 12.6. The van der Waals surface area contributed by atoms with Crippen LogP contribution in [-0.2, 0) is 0 Å². The summed E-state index contributed by atoms with van der Waals surface area (Å²) in [7, 11) is 9.19. The number of benzene rings is 2. The average molecular weight is 531 g/mol. The fourth-order valence-electron chi connectivity index (χ4n) is 3.72. The number of nitrogen functional groups attached to an aromatic ring is 1. The number of methoxy groups -OCH3 is 2. The Morgan fingerprint density at radius 1 is 1.06 bits per heavy atom. The molecule has 4 rings (SSSR count). The predicted molar refractivity (Wildman–Crippen MR) is 146 cm³/mol. The predicted octanol–water partition coefficient (Wildman–Crippen LogP) is 4.46. The number of nitrogens with zero attached hydrogens (tertiary/aromatic N) is 6. The molecule has 2 heterocycles. The average Bonchev–Trinajstić information content (AvgIpc) is 3.21. The van der Waals surface area contributed by atoms with E-state index < -0.39 is 0 Å². The molecule has 0 amide bonds. The highest BCUT2D eigenvalue weighted by Crippen LogP contribution is 2.37. The number of rotatable bonds is 9. The van der Waals surface area contributed by atoms with Crippen molar-refractivity contribution in [3.63, 3.8) is 0 Å². The van der Waals surface area contributed by atoms with Gasteiger partial charge in [0, 0.05) is 31.2 Å². The summed E-state index contributed by atoms with van der Waals surface area (Å²) in [6.45, 7) is 1.70. The molecule has 0 bridgehead atoms. The number of nitrogens with two attached hydrogens (primary N) is 1. The number of likely N-dealkylation sites (N-methyl/N-ethyl adjacent to an activating group) is 2. The van der Waals surface area contributed by atoms with E-state index in [1.807, 2.05) is 33.3 Å². The summed E-state index contributed by atoms with van der Waals surface area (Å²) in [4.78, 5) is 13.1. The molecule has 0 unspecified atom stereocenters. The topological polar surface area (TPSA) is 107 Å². The molecule has 36 heavy (non-hydrogen) atoms. The smallest absolute Gasteiger partial charge is 0.241 e. The SMILES string of the molecule is COc1cc(N(C)CCN(C)C)c(N)cc1Nc1ncc(Cl)c(-n2nc(OC)c3cc(Cl)ccc32)n1. The molecule has 0 saturated carbocycles. The monoisotopic (exact) mass is 530 g/mol. The molecule has 0 spiro atoms. The van der Waals surface area contributed by atoms with Gasteiger partial charge < -0.3 is 30.3 Å². The van der Waals surface area contributed by atoms with Crippen molar-refractivity contribution >= 4 is 57.1 Å². The minimum absolute atomic E-state index is 0.289. The van der Waals surface area contributed by atoms with Crippen LogP contribution in [0.4, 0.5) is 23.0 Å². The molecule has 3 N–H and O–H groups in total. The van der Waals surface area contributed by atoms with Crippen molar-refractivity contribution in [2.75, 3.05) is 64.4 Å². The van der Waals surface area contributed by atoms with Crippen molar-refractivity contribution < 1.29 is 9.47 Å². The molecule has 0 saturated heterocycles. The molecular formula is C24H28Cl2N8O2. The summed E-state index contributed by atoms with van der Waals surface area (Å²) in [6, 6.07) is 9.05. The third kappa shape index (κ3) is 5.20. The molecule has 0 aliphatic heterocycles. The molecule has 0 atom stereocenters. The van der Waals surface area contributed by atoms with Gasteiger partial charge in [0.05, 0.1) is 48.4 Å². The maximum Gasteiger partial charge on any atom is 0.241 e. The highest BCUT2D eigenvalue weighted by Gasteiger charge is 2.18. The maximum atomic E-state index is 6.47. The third-order valence-electron chi connectivity index (χ3n) is 5.62. The van der Waals surface area contributed by atoms with Crippen molar-refractivity contribution in [3.05, 3.63) is 46.6 Å². The molecule has 10 nitrogen and oxygen atoms in total. The van der Waals surface area contributed by atoms with Crippen molar-refractivity contribution in [1.29, 1.82) is 0 Å². The maximum absolute atomic E-state index is 6.47. The van der Waals surface area contributed by atoms with Gasteiger partial charge in [-0.05, 0) is 38.4 Å². The minimum Gasteiger partial charge on any atom is -0.494 e. The Balaban J connectivity index is 1.69. The lowest BCUT2D eigenvalue weighted by Gasteiger charge is -2.24. The van der Waals surface area contributed by atoms with Crippen LogP contribution in [0.15, 0.2) is 36.5 Å². The van der Waals surface area contributed by atoms with Crippen LogP contribution < -0.4 is 25.4 Å². The van der Waals surface area contributed by atoms with Gasteiger partial charge >= 0.3 is 0 Å². The molecule has 0 aliphatic rings. The summed E-state index contributed by atoms with van der Waals surface area (Å²) in [6.07, 6.45) is 1.50. The van der Waals surface area contributed by atoms with E-state index in [1.165, 1.54) is 6.20 Å². The Bertz CT molecular complexity index is 1390. The summed E-state index contributed by atoms with van der Waals surface area (Å²) in [5.74, 6) is 1.66. The normalized spacial score (nSPS) is 11.2. The molecule has 4 aromatic rings. The molecule has 0 aliphatic carbocycles. The Morgan fingerprint density at radius 2 is 1.83 bits per heavy atom. The van der Waals surface area contributed by atoms with E-state index in [9.17, 15) is 0 Å². The van der Waals surface area contributed by atoms with Crippen molar-refractivity contribution in [2.24, 2.45) is 0 Å². The van der Waals surface area contributed by atoms with Gasteiger partial charge in [-0.3, -0.25) is 0 Å². The second-order valence-corrected chi connectivity index (χ2v) is 9.25. The Hall–Kier alpha value is -3.47. The van der Waals surface area contributed by atoms with Crippen molar-refractivity contribution in [2.45, 2.75) is 0 Å². The van der Waals surface area contributed by atoms with Crippen LogP contribution >= 0.6 is 23.2 Å². The van der Waals surface area contributed by atoms with Crippen LogP contribution in [0.1, 0.15) is 0 Å². The Morgan fingerprint density at radius 3 is 2.53 bits per heavy atom. The van der Waals surface area contributed by atoms with E-state index in [0.29, 0.717) is 38.9 Å². The first-order valence-electron chi connectivity index (χ1n) is 11.1. The van der Waals surface area contributed by atoms with E-state index in [2.05, 4.69) is 30.2 Å². The number of nitrogens with one attached hydrogen (secondary N) is 1. The zero-order chi connectivity index (χ0) is 26.0. The fraction of sp³-hybridized carbons (Fsp3) is 0.292. The van der Waals surface area contributed by atoms with Gasteiger partial charge in [-0.15, -0.1) is 5.10 Å². The minimum atomic E-state index is 0.289.